The van der Waals surface area contributed by atoms with Crippen LogP contribution in [0.2, 0.25) is 0 Å². The van der Waals surface area contributed by atoms with E-state index in [-0.39, 0.29) is 10.6 Å². The molecule has 74 valence electrons. The smallest absolute Gasteiger partial charge is 0.263 e. The van der Waals surface area contributed by atoms with Gasteiger partial charge in [-0.1, -0.05) is 4.89 Å². The summed E-state index contributed by atoms with van der Waals surface area (Å²) < 4.78 is 22.5. The molecule has 14 heavy (non-hydrogen) atoms. The Labute approximate surface area is 81.2 Å². The van der Waals surface area contributed by atoms with Crippen molar-refractivity contribution in [1.82, 2.24) is 9.87 Å². The number of nitrogens with one attached hydrogen (secondary N) is 1. The van der Waals surface area contributed by atoms with Crippen LogP contribution in [0.1, 0.15) is 5.69 Å². The van der Waals surface area contributed by atoms with Crippen molar-refractivity contribution >= 4 is 10.0 Å². The van der Waals surface area contributed by atoms with E-state index >= 15 is 0 Å². The summed E-state index contributed by atoms with van der Waals surface area (Å²) in [6, 6.07) is 4.36. The van der Waals surface area contributed by atoms with E-state index < -0.39 is 10.0 Å². The molecular weight excluding hydrogens is 206 g/mol. The highest BCUT2D eigenvalue weighted by Crippen LogP contribution is 2.06. The Bertz CT molecular complexity index is 446. The summed E-state index contributed by atoms with van der Waals surface area (Å²) in [5.74, 6) is 0. The molecular formula is C7H7N3O3S. The van der Waals surface area contributed by atoms with Gasteiger partial charge < -0.3 is 0 Å². The van der Waals surface area contributed by atoms with Crippen molar-refractivity contribution in [2.24, 2.45) is 0 Å². The molecule has 6 nitrogen and oxygen atoms in total. The Balaban J connectivity index is 3.05. The Morgan fingerprint density at radius 1 is 1.57 bits per heavy atom. The topological polar surface area (TPSA) is 92.1 Å². The Kier molecular flexibility index (Phi) is 3.14. The van der Waals surface area contributed by atoms with Crippen molar-refractivity contribution < 1.29 is 13.3 Å². The van der Waals surface area contributed by atoms with Crippen LogP contribution in [0.4, 0.5) is 0 Å². The largest absolute Gasteiger partial charge is 0.290 e. The van der Waals surface area contributed by atoms with Gasteiger partial charge in [-0.2, -0.15) is 5.26 Å². The molecule has 1 N–H and O–H groups in total. The third-order valence-electron chi connectivity index (χ3n) is 1.35. The molecule has 0 aliphatic carbocycles. The third-order valence-corrected chi connectivity index (χ3v) is 2.60. The second-order valence-electron chi connectivity index (χ2n) is 2.28. The SMILES string of the molecule is CONS(=O)(=O)c1ccc(C#N)nc1. The Morgan fingerprint density at radius 2 is 2.29 bits per heavy atom. The van der Waals surface area contributed by atoms with Crippen LogP contribution in [0.15, 0.2) is 23.2 Å². The van der Waals surface area contributed by atoms with E-state index in [9.17, 15) is 8.42 Å². The second kappa shape index (κ2) is 4.15. The van der Waals surface area contributed by atoms with Crippen molar-refractivity contribution in [2.75, 3.05) is 7.11 Å². The molecule has 7 heteroatoms. The fourth-order valence-corrected chi connectivity index (χ4v) is 1.52. The minimum atomic E-state index is -3.68. The molecule has 1 aromatic heterocycles. The van der Waals surface area contributed by atoms with Gasteiger partial charge in [0.1, 0.15) is 16.7 Å². The molecule has 0 fully saturated rings. The van der Waals surface area contributed by atoms with Gasteiger partial charge in [0.15, 0.2) is 0 Å². The van der Waals surface area contributed by atoms with Crippen LogP contribution in [0, 0.1) is 11.3 Å². The number of pyridine rings is 1. The lowest BCUT2D eigenvalue weighted by Gasteiger charge is -2.02. The number of hydrogen-bond acceptors (Lipinski definition) is 5. The highest BCUT2D eigenvalue weighted by Gasteiger charge is 2.13. The lowest BCUT2D eigenvalue weighted by molar-refractivity contribution is 0.153. The van der Waals surface area contributed by atoms with Gasteiger partial charge in [-0.25, -0.2) is 13.4 Å². The average Bonchev–Trinajstić information content (AvgIpc) is 2.18. The maximum absolute atomic E-state index is 11.3. The fourth-order valence-electron chi connectivity index (χ4n) is 0.763. The molecule has 1 rings (SSSR count). The fraction of sp³-hybridized carbons (Fsp3) is 0.143. The first-order valence-electron chi connectivity index (χ1n) is 3.51. The molecule has 0 unspecified atom stereocenters. The summed E-state index contributed by atoms with van der Waals surface area (Å²) in [6.07, 6.45) is 1.08. The summed E-state index contributed by atoms with van der Waals surface area (Å²) in [4.78, 5) is 9.66. The number of nitrogens with zero attached hydrogens (tertiary/aromatic N) is 2. The maximum Gasteiger partial charge on any atom is 0.263 e. The molecule has 0 bridgehead atoms. The average molecular weight is 213 g/mol. The summed E-state index contributed by atoms with van der Waals surface area (Å²) in [6.45, 7) is 0. The van der Waals surface area contributed by atoms with E-state index in [1.165, 1.54) is 19.2 Å². The summed E-state index contributed by atoms with van der Waals surface area (Å²) in [5, 5.41) is 8.43. The number of rotatable bonds is 3. The van der Waals surface area contributed by atoms with E-state index in [2.05, 4.69) is 9.82 Å². The van der Waals surface area contributed by atoms with Gasteiger partial charge >= 0.3 is 0 Å². The molecule has 0 atom stereocenters. The second-order valence-corrected chi connectivity index (χ2v) is 3.93. The Hall–Kier alpha value is -1.49. The summed E-state index contributed by atoms with van der Waals surface area (Å²) in [5.41, 5.74) is 0.154. The molecule has 0 saturated carbocycles. The van der Waals surface area contributed by atoms with Crippen LogP contribution in [-0.4, -0.2) is 20.5 Å². The molecule has 0 spiro atoms. The summed E-state index contributed by atoms with van der Waals surface area (Å²) >= 11 is 0. The lowest BCUT2D eigenvalue weighted by atomic mass is 10.4. The van der Waals surface area contributed by atoms with Crippen LogP contribution in [-0.2, 0) is 14.9 Å². The zero-order chi connectivity index (χ0) is 10.6. The van der Waals surface area contributed by atoms with Crippen molar-refractivity contribution in [3.05, 3.63) is 24.0 Å². The normalized spacial score (nSPS) is 10.9. The van der Waals surface area contributed by atoms with Crippen LogP contribution >= 0.6 is 0 Å². The summed E-state index contributed by atoms with van der Waals surface area (Å²) in [7, 11) is -2.49. The zero-order valence-corrected chi connectivity index (χ0v) is 8.08. The van der Waals surface area contributed by atoms with E-state index in [0.717, 1.165) is 6.20 Å². The quantitative estimate of drug-likeness (QED) is 0.701. The molecule has 0 amide bonds. The van der Waals surface area contributed by atoms with Gasteiger partial charge in [-0.05, 0) is 12.1 Å². The van der Waals surface area contributed by atoms with Gasteiger partial charge in [-0.3, -0.25) is 4.84 Å². The van der Waals surface area contributed by atoms with Crippen molar-refractivity contribution in [2.45, 2.75) is 4.90 Å². The zero-order valence-electron chi connectivity index (χ0n) is 7.26. The van der Waals surface area contributed by atoms with Crippen LogP contribution in [0.3, 0.4) is 0 Å². The van der Waals surface area contributed by atoms with Crippen LogP contribution in [0.5, 0.6) is 0 Å². The number of hydrogen-bond donors (Lipinski definition) is 1. The van der Waals surface area contributed by atoms with Crippen molar-refractivity contribution in [1.29, 1.82) is 5.26 Å². The number of nitriles is 1. The van der Waals surface area contributed by atoms with Gasteiger partial charge in [0.25, 0.3) is 10.0 Å². The van der Waals surface area contributed by atoms with Crippen LogP contribution in [0.25, 0.3) is 0 Å². The minimum absolute atomic E-state index is 0.0571. The van der Waals surface area contributed by atoms with Crippen molar-refractivity contribution in [3.8, 4) is 6.07 Å². The van der Waals surface area contributed by atoms with Gasteiger partial charge in [0, 0.05) is 6.20 Å². The maximum atomic E-state index is 11.3. The first kappa shape index (κ1) is 10.6. The minimum Gasteiger partial charge on any atom is -0.290 e. The predicted molar refractivity (Wildman–Crippen MR) is 46.3 cm³/mol. The van der Waals surface area contributed by atoms with E-state index in [1.807, 2.05) is 4.89 Å². The standard InChI is InChI=1S/C7H7N3O3S/c1-13-10-14(11,12)7-3-2-6(4-8)9-5-7/h2-3,5,10H,1H3. The van der Waals surface area contributed by atoms with Gasteiger partial charge in [-0.15, -0.1) is 0 Å². The molecule has 0 radical (unpaired) electrons. The molecule has 1 aromatic rings. The van der Waals surface area contributed by atoms with E-state index in [0.29, 0.717) is 0 Å². The number of sulfonamides is 1. The Morgan fingerprint density at radius 3 is 2.71 bits per heavy atom. The first-order valence-corrected chi connectivity index (χ1v) is 4.99. The molecule has 0 aliphatic rings. The first-order chi connectivity index (χ1) is 6.60. The van der Waals surface area contributed by atoms with Gasteiger partial charge in [0.05, 0.1) is 7.11 Å². The highest BCUT2D eigenvalue weighted by atomic mass is 32.2. The molecule has 1 heterocycles. The number of aromatic nitrogens is 1. The molecule has 0 saturated heterocycles. The van der Waals surface area contributed by atoms with E-state index in [1.54, 1.807) is 6.07 Å². The van der Waals surface area contributed by atoms with Crippen LogP contribution < -0.4 is 4.89 Å². The highest BCUT2D eigenvalue weighted by molar-refractivity contribution is 7.89. The predicted octanol–water partition coefficient (Wildman–Crippen LogP) is -0.207. The van der Waals surface area contributed by atoms with E-state index in [4.69, 9.17) is 5.26 Å². The monoisotopic (exact) mass is 213 g/mol. The van der Waals surface area contributed by atoms with Crippen molar-refractivity contribution in [3.63, 3.8) is 0 Å². The molecule has 0 aromatic carbocycles. The lowest BCUT2D eigenvalue weighted by Crippen LogP contribution is -2.22. The molecule has 0 aliphatic heterocycles. The van der Waals surface area contributed by atoms with Gasteiger partial charge in [0.2, 0.25) is 0 Å². The third kappa shape index (κ3) is 2.26.